The topological polar surface area (TPSA) is 66.4 Å². The Labute approximate surface area is 310 Å². The smallest absolute Gasteiger partial charge is 0.227 e. The number of benzene rings is 4. The quantitative estimate of drug-likeness (QED) is 0.0758. The molecule has 5 heterocycles. The molecule has 7 nitrogen and oxygen atoms in total. The third kappa shape index (κ3) is 6.40. The van der Waals surface area contributed by atoms with Gasteiger partial charge in [-0.1, -0.05) is 96.5 Å². The highest BCUT2D eigenvalue weighted by Gasteiger charge is 2.55. The van der Waals surface area contributed by atoms with Gasteiger partial charge in [-0.25, -0.2) is 4.98 Å². The van der Waals surface area contributed by atoms with Crippen LogP contribution in [0.3, 0.4) is 0 Å². The van der Waals surface area contributed by atoms with E-state index in [0.717, 1.165) is 81.6 Å². The van der Waals surface area contributed by atoms with Gasteiger partial charge < -0.3 is 18.7 Å². The first-order chi connectivity index (χ1) is 25.5. The third-order valence-electron chi connectivity index (χ3n) is 11.1. The summed E-state index contributed by atoms with van der Waals surface area (Å²) in [5, 5.41) is 1.40. The highest BCUT2D eigenvalue weighted by Crippen LogP contribution is 2.50. The number of fused-ring (bicyclic) bond motifs is 4. The van der Waals surface area contributed by atoms with Gasteiger partial charge in [0.05, 0.1) is 38.4 Å². The van der Waals surface area contributed by atoms with Crippen molar-refractivity contribution in [1.29, 1.82) is 0 Å². The molecule has 2 bridgehead atoms. The van der Waals surface area contributed by atoms with Crippen molar-refractivity contribution in [2.45, 2.75) is 31.5 Å². The van der Waals surface area contributed by atoms with E-state index in [0.29, 0.717) is 34.3 Å². The molecule has 0 amide bonds. The van der Waals surface area contributed by atoms with E-state index in [2.05, 4.69) is 49.1 Å². The van der Waals surface area contributed by atoms with Crippen LogP contribution >= 0.6 is 11.6 Å². The predicted octanol–water partition coefficient (Wildman–Crippen LogP) is 9.76. The maximum Gasteiger partial charge on any atom is 0.227 e. The number of pyridine rings is 1. The van der Waals surface area contributed by atoms with Crippen molar-refractivity contribution in [1.82, 2.24) is 15.0 Å². The van der Waals surface area contributed by atoms with Crippen molar-refractivity contribution in [3.8, 4) is 39.9 Å². The van der Waals surface area contributed by atoms with Crippen molar-refractivity contribution in [2.75, 3.05) is 27.3 Å². The number of piperidine rings is 3. The molecular weight excluding hydrogens is 668 g/mol. The van der Waals surface area contributed by atoms with Gasteiger partial charge in [0.15, 0.2) is 11.9 Å². The first-order valence-electron chi connectivity index (χ1n) is 17.9. The Bertz CT molecular complexity index is 2190. The highest BCUT2D eigenvalue weighted by atomic mass is 35.5. The van der Waals surface area contributed by atoms with Gasteiger partial charge in [0.2, 0.25) is 5.88 Å². The Balaban J connectivity index is 1.33. The van der Waals surface area contributed by atoms with Crippen LogP contribution in [0.1, 0.15) is 30.1 Å². The summed E-state index contributed by atoms with van der Waals surface area (Å²) in [5.74, 6) is 3.42. The zero-order valence-electron chi connectivity index (χ0n) is 29.5. The SMILES string of the molecule is C=C[C@H]1C[N@+]2(Cc3cc(OC)cc(OC)c3)CC[C@H]1C[C@@H]2C(Oc1nc(-c2ccccc2)nc(Cl)c1-c1ccccc1)c1ccnc2ccccc12. The molecule has 4 aromatic carbocycles. The van der Waals surface area contributed by atoms with Gasteiger partial charge in [0.1, 0.15) is 29.2 Å². The second kappa shape index (κ2) is 14.4. The Morgan fingerprint density at radius 2 is 1.56 bits per heavy atom. The van der Waals surface area contributed by atoms with Gasteiger partial charge in [0.25, 0.3) is 0 Å². The van der Waals surface area contributed by atoms with Crippen molar-refractivity contribution >= 4 is 22.5 Å². The van der Waals surface area contributed by atoms with Gasteiger partial charge in [-0.3, -0.25) is 4.98 Å². The minimum absolute atomic E-state index is 0.0653. The first-order valence-corrected chi connectivity index (χ1v) is 18.3. The summed E-state index contributed by atoms with van der Waals surface area (Å²) in [4.78, 5) is 14.7. The summed E-state index contributed by atoms with van der Waals surface area (Å²) in [6.45, 7) is 7.04. The van der Waals surface area contributed by atoms with Crippen molar-refractivity contribution in [3.63, 3.8) is 0 Å². The number of aromatic nitrogens is 3. The van der Waals surface area contributed by atoms with E-state index in [-0.39, 0.29) is 6.04 Å². The zero-order chi connectivity index (χ0) is 35.7. The van der Waals surface area contributed by atoms with E-state index in [1.54, 1.807) is 14.2 Å². The molecule has 1 unspecified atom stereocenters. The Morgan fingerprint density at radius 1 is 0.865 bits per heavy atom. The summed E-state index contributed by atoms with van der Waals surface area (Å²) in [7, 11) is 3.40. The average molecular weight is 710 g/mol. The molecule has 9 rings (SSSR count). The highest BCUT2D eigenvalue weighted by molar-refractivity contribution is 6.32. The van der Waals surface area contributed by atoms with E-state index in [9.17, 15) is 0 Å². The number of quaternary nitrogens is 1. The van der Waals surface area contributed by atoms with E-state index in [1.165, 1.54) is 0 Å². The second-order valence-corrected chi connectivity index (χ2v) is 14.3. The number of ether oxygens (including phenoxy) is 3. The number of methoxy groups -OCH3 is 2. The Morgan fingerprint density at radius 3 is 2.27 bits per heavy atom. The number of rotatable bonds is 11. The molecule has 5 atom stereocenters. The fourth-order valence-electron chi connectivity index (χ4n) is 8.58. The zero-order valence-corrected chi connectivity index (χ0v) is 30.2. The second-order valence-electron chi connectivity index (χ2n) is 14.0. The number of hydrogen-bond acceptors (Lipinski definition) is 6. The molecule has 0 aliphatic carbocycles. The number of hydrogen-bond donors (Lipinski definition) is 0. The van der Waals surface area contributed by atoms with Crippen LogP contribution in [0.5, 0.6) is 17.4 Å². The molecule has 0 spiro atoms. The standard InChI is InChI=1S/C44H42ClN4O3/c1-4-30-28-49(27-29-23-34(50-2)26-35(24-29)51-3)22-20-33(30)25-39(49)41(37-19-21-46-38-18-12-11-17-36(37)38)52-44-40(31-13-7-5-8-14-31)42(45)47-43(48-44)32-15-9-6-10-16-32/h4-19,21,23-24,26,30,33,39,41H,1,20,22,25,27-28H2,2-3H3/q+1/t30-,33-,39+,41?,49+/m0/s1. The van der Waals surface area contributed by atoms with Gasteiger partial charge >= 0.3 is 0 Å². The molecule has 0 radical (unpaired) electrons. The Hall–Kier alpha value is -5.24. The van der Waals surface area contributed by atoms with Crippen LogP contribution in [0.2, 0.25) is 5.15 Å². The van der Waals surface area contributed by atoms with Crippen LogP contribution in [0.15, 0.2) is 128 Å². The largest absolute Gasteiger partial charge is 0.497 e. The Kier molecular flexibility index (Phi) is 9.39. The maximum absolute atomic E-state index is 7.50. The monoisotopic (exact) mass is 709 g/mol. The molecule has 0 N–H and O–H groups in total. The number of para-hydroxylation sites is 1. The van der Waals surface area contributed by atoms with Crippen molar-refractivity contribution < 1.29 is 18.7 Å². The van der Waals surface area contributed by atoms with Crippen LogP contribution in [0.25, 0.3) is 33.4 Å². The first kappa shape index (κ1) is 33.9. The summed E-state index contributed by atoms with van der Waals surface area (Å²) in [5.41, 5.74) is 5.59. The molecule has 2 aromatic heterocycles. The molecule has 3 aliphatic heterocycles. The van der Waals surface area contributed by atoms with E-state index >= 15 is 0 Å². The molecule has 3 fully saturated rings. The molecule has 0 saturated carbocycles. The number of halogens is 1. The maximum atomic E-state index is 7.50. The van der Waals surface area contributed by atoms with Gasteiger partial charge in [-0.15, -0.1) is 6.58 Å². The van der Waals surface area contributed by atoms with Crippen LogP contribution in [0, 0.1) is 11.8 Å². The lowest BCUT2D eigenvalue weighted by atomic mass is 9.71. The fourth-order valence-corrected chi connectivity index (χ4v) is 8.85. The van der Waals surface area contributed by atoms with Crippen LogP contribution in [-0.4, -0.2) is 52.8 Å². The summed E-state index contributed by atoms with van der Waals surface area (Å²) in [6.07, 6.45) is 5.75. The molecule has 52 heavy (non-hydrogen) atoms. The van der Waals surface area contributed by atoms with Gasteiger partial charge in [-0.05, 0) is 35.7 Å². The fraction of sp³-hybridized carbons (Fsp3) is 0.250. The van der Waals surface area contributed by atoms with Crippen LogP contribution < -0.4 is 14.2 Å². The minimum atomic E-state index is -0.397. The number of nitrogens with zero attached hydrogens (tertiary/aromatic N) is 4. The van der Waals surface area contributed by atoms with E-state index in [4.69, 9.17) is 40.8 Å². The molecule has 3 saturated heterocycles. The molecule has 262 valence electrons. The molecule has 8 heteroatoms. The van der Waals surface area contributed by atoms with Crippen molar-refractivity contribution in [2.24, 2.45) is 11.8 Å². The van der Waals surface area contributed by atoms with E-state index in [1.807, 2.05) is 79.0 Å². The third-order valence-corrected chi connectivity index (χ3v) is 11.4. The van der Waals surface area contributed by atoms with Crippen LogP contribution in [0.4, 0.5) is 0 Å². The average Bonchev–Trinajstić information content (AvgIpc) is 3.20. The molecule has 6 aromatic rings. The minimum Gasteiger partial charge on any atom is -0.497 e. The molecule has 3 aliphatic rings. The predicted molar refractivity (Wildman–Crippen MR) is 206 cm³/mol. The molecular formula is C44H42ClN4O3+. The van der Waals surface area contributed by atoms with E-state index < -0.39 is 6.10 Å². The lowest BCUT2D eigenvalue weighted by molar-refractivity contribution is -0.984. The summed E-state index contributed by atoms with van der Waals surface area (Å²) >= 11 is 7.14. The normalized spacial score (nSPS) is 21.4. The van der Waals surface area contributed by atoms with Crippen LogP contribution in [-0.2, 0) is 6.54 Å². The van der Waals surface area contributed by atoms with Gasteiger partial charge in [0, 0.05) is 53.1 Å². The summed E-state index contributed by atoms with van der Waals surface area (Å²) < 4.78 is 19.8. The van der Waals surface area contributed by atoms with Crippen molar-refractivity contribution in [3.05, 3.63) is 144 Å². The lowest BCUT2D eigenvalue weighted by Gasteiger charge is -2.58. The summed E-state index contributed by atoms with van der Waals surface area (Å²) in [6, 6.07) is 36.7. The van der Waals surface area contributed by atoms with Gasteiger partial charge in [-0.2, -0.15) is 4.98 Å². The lowest BCUT2D eigenvalue weighted by Crippen LogP contribution is -2.68.